The Kier molecular flexibility index (Phi) is 3.61. The number of amides is 1. The molecule has 1 heterocycles. The first-order chi connectivity index (χ1) is 8.47. The fourth-order valence-electron chi connectivity index (χ4n) is 2.40. The molecule has 2 rings (SSSR count). The molecule has 0 radical (unpaired) electrons. The average molecular weight is 254 g/mol. The number of likely N-dealkylation sites (tertiary alicyclic amines) is 1. The molecule has 0 spiro atoms. The standard InChI is InChI=1S/C13H16F2N2O/c1-8-4-10(16)7-17(6-8)13(18)11-5-9(14)2-3-12(11)15/h2-3,5,8,10H,4,6-7,16H2,1H3. The van der Waals surface area contributed by atoms with E-state index >= 15 is 0 Å². The van der Waals surface area contributed by atoms with Crippen LogP contribution in [0.1, 0.15) is 23.7 Å². The van der Waals surface area contributed by atoms with Crippen LogP contribution in [0.15, 0.2) is 18.2 Å². The Morgan fingerprint density at radius 1 is 1.39 bits per heavy atom. The van der Waals surface area contributed by atoms with Crippen LogP contribution in [-0.4, -0.2) is 29.9 Å². The van der Waals surface area contributed by atoms with E-state index in [0.717, 1.165) is 24.6 Å². The molecule has 1 saturated heterocycles. The quantitative estimate of drug-likeness (QED) is 0.830. The van der Waals surface area contributed by atoms with Crippen molar-refractivity contribution in [1.82, 2.24) is 4.90 Å². The van der Waals surface area contributed by atoms with Gasteiger partial charge in [0.05, 0.1) is 5.56 Å². The van der Waals surface area contributed by atoms with Crippen molar-refractivity contribution in [2.75, 3.05) is 13.1 Å². The topological polar surface area (TPSA) is 46.3 Å². The number of nitrogens with two attached hydrogens (primary N) is 1. The first-order valence-electron chi connectivity index (χ1n) is 5.97. The Bertz CT molecular complexity index is 454. The van der Waals surface area contributed by atoms with Gasteiger partial charge in [0.2, 0.25) is 0 Å². The largest absolute Gasteiger partial charge is 0.337 e. The second-order valence-electron chi connectivity index (χ2n) is 4.94. The molecule has 1 aliphatic heterocycles. The van der Waals surface area contributed by atoms with Crippen LogP contribution in [0.2, 0.25) is 0 Å². The predicted molar refractivity (Wildman–Crippen MR) is 64.0 cm³/mol. The lowest BCUT2D eigenvalue weighted by atomic mass is 9.96. The minimum Gasteiger partial charge on any atom is -0.337 e. The Hall–Kier alpha value is -1.49. The van der Waals surface area contributed by atoms with Crippen molar-refractivity contribution >= 4 is 5.91 Å². The van der Waals surface area contributed by atoms with Crippen LogP contribution < -0.4 is 5.73 Å². The van der Waals surface area contributed by atoms with Crippen LogP contribution in [0.3, 0.4) is 0 Å². The summed E-state index contributed by atoms with van der Waals surface area (Å²) in [5.74, 6) is -1.54. The molecule has 1 fully saturated rings. The van der Waals surface area contributed by atoms with E-state index < -0.39 is 17.5 Å². The van der Waals surface area contributed by atoms with E-state index in [-0.39, 0.29) is 17.5 Å². The maximum atomic E-state index is 13.5. The number of carbonyl (C=O) groups is 1. The number of hydrogen-bond donors (Lipinski definition) is 1. The van der Waals surface area contributed by atoms with Gasteiger partial charge in [-0.15, -0.1) is 0 Å². The van der Waals surface area contributed by atoms with Crippen molar-refractivity contribution in [3.63, 3.8) is 0 Å². The minimum atomic E-state index is -0.701. The molecule has 98 valence electrons. The number of halogens is 2. The number of nitrogens with zero attached hydrogens (tertiary/aromatic N) is 1. The molecule has 0 saturated carbocycles. The second kappa shape index (κ2) is 5.02. The Morgan fingerprint density at radius 2 is 2.11 bits per heavy atom. The van der Waals surface area contributed by atoms with Crippen molar-refractivity contribution in [3.8, 4) is 0 Å². The SMILES string of the molecule is CC1CC(N)CN(C(=O)c2cc(F)ccc2F)C1. The van der Waals surface area contributed by atoms with Crippen molar-refractivity contribution < 1.29 is 13.6 Å². The molecular weight excluding hydrogens is 238 g/mol. The summed E-state index contributed by atoms with van der Waals surface area (Å²) in [5, 5.41) is 0. The molecule has 2 atom stereocenters. The highest BCUT2D eigenvalue weighted by Gasteiger charge is 2.27. The molecule has 2 unspecified atom stereocenters. The average Bonchev–Trinajstić information content (AvgIpc) is 2.30. The normalized spacial score (nSPS) is 24.1. The molecule has 18 heavy (non-hydrogen) atoms. The Balaban J connectivity index is 2.22. The van der Waals surface area contributed by atoms with E-state index in [1.54, 1.807) is 0 Å². The minimum absolute atomic E-state index is 0.102. The highest BCUT2D eigenvalue weighted by Crippen LogP contribution is 2.19. The van der Waals surface area contributed by atoms with Gasteiger partial charge in [-0.05, 0) is 30.5 Å². The van der Waals surface area contributed by atoms with E-state index in [1.165, 1.54) is 4.90 Å². The Morgan fingerprint density at radius 3 is 2.78 bits per heavy atom. The van der Waals surface area contributed by atoms with Gasteiger partial charge >= 0.3 is 0 Å². The predicted octanol–water partition coefficient (Wildman–Crippen LogP) is 1.77. The first-order valence-corrected chi connectivity index (χ1v) is 5.97. The second-order valence-corrected chi connectivity index (χ2v) is 4.94. The summed E-state index contributed by atoms with van der Waals surface area (Å²) < 4.78 is 26.6. The monoisotopic (exact) mass is 254 g/mol. The highest BCUT2D eigenvalue weighted by molar-refractivity contribution is 5.94. The molecule has 0 bridgehead atoms. The molecule has 3 nitrogen and oxygen atoms in total. The molecule has 1 aliphatic rings. The maximum Gasteiger partial charge on any atom is 0.256 e. The number of carbonyl (C=O) groups excluding carboxylic acids is 1. The van der Waals surface area contributed by atoms with Gasteiger partial charge in [0.1, 0.15) is 11.6 Å². The zero-order valence-corrected chi connectivity index (χ0v) is 10.2. The van der Waals surface area contributed by atoms with Crippen LogP contribution in [0.4, 0.5) is 8.78 Å². The Labute approximate surface area is 105 Å². The van der Waals surface area contributed by atoms with Crippen molar-refractivity contribution in [3.05, 3.63) is 35.4 Å². The summed E-state index contributed by atoms with van der Waals surface area (Å²) >= 11 is 0. The van der Waals surface area contributed by atoms with Gasteiger partial charge in [0, 0.05) is 19.1 Å². The summed E-state index contributed by atoms with van der Waals surface area (Å²) in [6.45, 7) is 2.91. The van der Waals surface area contributed by atoms with E-state index in [9.17, 15) is 13.6 Å². The van der Waals surface area contributed by atoms with E-state index in [4.69, 9.17) is 5.73 Å². The zero-order chi connectivity index (χ0) is 13.3. The fourth-order valence-corrected chi connectivity index (χ4v) is 2.40. The molecule has 2 N–H and O–H groups in total. The molecule has 0 aliphatic carbocycles. The third-order valence-electron chi connectivity index (χ3n) is 3.14. The van der Waals surface area contributed by atoms with Gasteiger partial charge in [-0.3, -0.25) is 4.79 Å². The van der Waals surface area contributed by atoms with Crippen LogP contribution in [0.25, 0.3) is 0 Å². The van der Waals surface area contributed by atoms with Gasteiger partial charge < -0.3 is 10.6 Å². The van der Waals surface area contributed by atoms with Gasteiger partial charge in [-0.25, -0.2) is 8.78 Å². The van der Waals surface area contributed by atoms with Gasteiger partial charge in [0.15, 0.2) is 0 Å². The molecule has 1 aromatic carbocycles. The van der Waals surface area contributed by atoms with Crippen LogP contribution in [0, 0.1) is 17.6 Å². The number of rotatable bonds is 1. The summed E-state index contributed by atoms with van der Waals surface area (Å²) in [6, 6.07) is 2.80. The summed E-state index contributed by atoms with van der Waals surface area (Å²) in [4.78, 5) is 13.6. The number of hydrogen-bond acceptors (Lipinski definition) is 2. The summed E-state index contributed by atoms with van der Waals surface area (Å²) in [5.41, 5.74) is 5.61. The smallest absolute Gasteiger partial charge is 0.256 e. The van der Waals surface area contributed by atoms with Gasteiger partial charge in [-0.2, -0.15) is 0 Å². The van der Waals surface area contributed by atoms with Gasteiger partial charge in [-0.1, -0.05) is 6.92 Å². The molecular formula is C13H16F2N2O. The zero-order valence-electron chi connectivity index (χ0n) is 10.2. The molecule has 5 heteroatoms. The lowest BCUT2D eigenvalue weighted by Crippen LogP contribution is -2.49. The number of piperidine rings is 1. The fraction of sp³-hybridized carbons (Fsp3) is 0.462. The summed E-state index contributed by atoms with van der Waals surface area (Å²) in [6.07, 6.45) is 0.843. The summed E-state index contributed by atoms with van der Waals surface area (Å²) in [7, 11) is 0. The third kappa shape index (κ3) is 2.67. The molecule has 1 aromatic rings. The third-order valence-corrected chi connectivity index (χ3v) is 3.14. The van der Waals surface area contributed by atoms with E-state index in [2.05, 4.69) is 0 Å². The maximum absolute atomic E-state index is 13.5. The van der Waals surface area contributed by atoms with E-state index in [0.29, 0.717) is 13.1 Å². The lowest BCUT2D eigenvalue weighted by molar-refractivity contribution is 0.0655. The van der Waals surface area contributed by atoms with Crippen molar-refractivity contribution in [1.29, 1.82) is 0 Å². The van der Waals surface area contributed by atoms with Crippen molar-refractivity contribution in [2.24, 2.45) is 11.7 Å². The molecule has 1 amide bonds. The molecule has 0 aromatic heterocycles. The number of benzene rings is 1. The van der Waals surface area contributed by atoms with Crippen LogP contribution in [0.5, 0.6) is 0 Å². The first kappa shape index (κ1) is 13.0. The van der Waals surface area contributed by atoms with Crippen molar-refractivity contribution in [2.45, 2.75) is 19.4 Å². The van der Waals surface area contributed by atoms with Crippen LogP contribution >= 0.6 is 0 Å². The lowest BCUT2D eigenvalue weighted by Gasteiger charge is -2.34. The van der Waals surface area contributed by atoms with Gasteiger partial charge in [0.25, 0.3) is 5.91 Å². The van der Waals surface area contributed by atoms with Crippen LogP contribution in [-0.2, 0) is 0 Å². The highest BCUT2D eigenvalue weighted by atomic mass is 19.1. The van der Waals surface area contributed by atoms with E-state index in [1.807, 2.05) is 6.92 Å².